The van der Waals surface area contributed by atoms with E-state index in [1.54, 1.807) is 11.9 Å². The van der Waals surface area contributed by atoms with Gasteiger partial charge in [0, 0.05) is 20.2 Å². The molecule has 1 aromatic rings. The number of hydrogen-bond acceptors (Lipinski definition) is 5. The number of rotatable bonds is 8. The molecule has 0 amide bonds. The Balaban J connectivity index is 3.15. The summed E-state index contributed by atoms with van der Waals surface area (Å²) in [5.41, 5.74) is 1.79. The van der Waals surface area contributed by atoms with E-state index >= 15 is 0 Å². The topological polar surface area (TPSA) is 75.5 Å². The number of aryl methyl sites for hydroxylation is 1. The molecule has 0 unspecified atom stereocenters. The molecular formula is C14H23N3O3. The van der Waals surface area contributed by atoms with Crippen LogP contribution >= 0.6 is 0 Å². The Morgan fingerprint density at radius 1 is 1.25 bits per heavy atom. The average Bonchev–Trinajstić information content (AvgIpc) is 2.45. The van der Waals surface area contributed by atoms with Gasteiger partial charge in [-0.25, -0.2) is 4.79 Å². The molecule has 0 aliphatic carbocycles. The van der Waals surface area contributed by atoms with E-state index in [2.05, 4.69) is 10.2 Å². The second kappa shape index (κ2) is 7.79. The third-order valence-electron chi connectivity index (χ3n) is 3.18. The Labute approximate surface area is 119 Å². The molecule has 0 spiro atoms. The van der Waals surface area contributed by atoms with Crippen LogP contribution < -0.4 is 4.90 Å². The van der Waals surface area contributed by atoms with Gasteiger partial charge in [0.2, 0.25) is 0 Å². The van der Waals surface area contributed by atoms with Gasteiger partial charge in [0.25, 0.3) is 0 Å². The third kappa shape index (κ3) is 3.66. The van der Waals surface area contributed by atoms with Crippen molar-refractivity contribution in [2.24, 2.45) is 0 Å². The van der Waals surface area contributed by atoms with Crippen LogP contribution in [0.1, 0.15) is 42.4 Å². The summed E-state index contributed by atoms with van der Waals surface area (Å²) in [5.74, 6) is -0.545. The van der Waals surface area contributed by atoms with E-state index in [1.165, 1.54) is 0 Å². The highest BCUT2D eigenvalue weighted by molar-refractivity contribution is 5.95. The molecule has 1 N–H and O–H groups in total. The van der Waals surface area contributed by atoms with Gasteiger partial charge >= 0.3 is 5.97 Å². The van der Waals surface area contributed by atoms with E-state index in [4.69, 9.17) is 4.74 Å². The fourth-order valence-electron chi connectivity index (χ4n) is 2.11. The zero-order valence-corrected chi connectivity index (χ0v) is 12.6. The average molecular weight is 281 g/mol. The van der Waals surface area contributed by atoms with Crippen LogP contribution in [0.5, 0.6) is 0 Å². The summed E-state index contributed by atoms with van der Waals surface area (Å²) in [6.45, 7) is 7.57. The van der Waals surface area contributed by atoms with Crippen molar-refractivity contribution in [2.45, 2.75) is 33.6 Å². The minimum atomic E-state index is -0.954. The summed E-state index contributed by atoms with van der Waals surface area (Å²) in [5, 5.41) is 17.8. The van der Waals surface area contributed by atoms with Gasteiger partial charge in [0.15, 0.2) is 5.82 Å². The van der Waals surface area contributed by atoms with E-state index in [0.717, 1.165) is 11.3 Å². The number of nitrogens with zero attached hydrogens (tertiary/aromatic N) is 3. The SMILES string of the molecule is CCOCCN(C)c1nnc(CC)c(CC)c1C(=O)O. The predicted molar refractivity (Wildman–Crippen MR) is 77.5 cm³/mol. The fourth-order valence-corrected chi connectivity index (χ4v) is 2.11. The molecule has 6 heteroatoms. The molecule has 1 aromatic heterocycles. The summed E-state index contributed by atoms with van der Waals surface area (Å²) < 4.78 is 5.29. The highest BCUT2D eigenvalue weighted by Crippen LogP contribution is 2.23. The highest BCUT2D eigenvalue weighted by atomic mass is 16.5. The number of ether oxygens (including phenoxy) is 1. The van der Waals surface area contributed by atoms with Crippen LogP contribution in [-0.4, -0.2) is 48.1 Å². The van der Waals surface area contributed by atoms with Crippen molar-refractivity contribution in [3.8, 4) is 0 Å². The number of carboxylic acids is 1. The summed E-state index contributed by atoms with van der Waals surface area (Å²) in [7, 11) is 1.81. The van der Waals surface area contributed by atoms with Crippen molar-refractivity contribution in [2.75, 3.05) is 31.7 Å². The molecule has 0 radical (unpaired) electrons. The normalized spacial score (nSPS) is 10.6. The molecule has 0 bridgehead atoms. The lowest BCUT2D eigenvalue weighted by atomic mass is 10.0. The van der Waals surface area contributed by atoms with Crippen molar-refractivity contribution >= 4 is 11.8 Å². The first kappa shape index (κ1) is 16.4. The van der Waals surface area contributed by atoms with Crippen LogP contribution in [0.15, 0.2) is 0 Å². The molecule has 0 saturated heterocycles. The standard InChI is InChI=1S/C14H23N3O3/c1-5-10-11(6-2)15-16-13(12(10)14(18)19)17(4)8-9-20-7-3/h5-9H2,1-4H3,(H,18,19). The molecule has 0 aliphatic rings. The highest BCUT2D eigenvalue weighted by Gasteiger charge is 2.22. The molecule has 0 saturated carbocycles. The molecule has 112 valence electrons. The predicted octanol–water partition coefficient (Wildman–Crippen LogP) is 1.77. The maximum absolute atomic E-state index is 11.6. The zero-order valence-electron chi connectivity index (χ0n) is 12.6. The van der Waals surface area contributed by atoms with Gasteiger partial charge in [-0.05, 0) is 25.3 Å². The quantitative estimate of drug-likeness (QED) is 0.732. The van der Waals surface area contributed by atoms with Crippen molar-refractivity contribution in [3.63, 3.8) is 0 Å². The first-order chi connectivity index (χ1) is 9.56. The summed E-state index contributed by atoms with van der Waals surface area (Å²) in [6.07, 6.45) is 1.31. The van der Waals surface area contributed by atoms with Gasteiger partial charge < -0.3 is 14.7 Å². The second-order valence-electron chi connectivity index (χ2n) is 4.45. The fraction of sp³-hybridized carbons (Fsp3) is 0.643. The molecule has 0 aliphatic heterocycles. The van der Waals surface area contributed by atoms with Gasteiger partial charge in [-0.2, -0.15) is 5.10 Å². The lowest BCUT2D eigenvalue weighted by Gasteiger charge is -2.21. The molecule has 0 aromatic carbocycles. The van der Waals surface area contributed by atoms with Crippen molar-refractivity contribution in [1.29, 1.82) is 0 Å². The molecule has 0 fully saturated rings. The molecule has 20 heavy (non-hydrogen) atoms. The minimum absolute atomic E-state index is 0.262. The Morgan fingerprint density at radius 2 is 1.95 bits per heavy atom. The van der Waals surface area contributed by atoms with Crippen LogP contribution in [0.4, 0.5) is 5.82 Å². The lowest BCUT2D eigenvalue weighted by molar-refractivity contribution is 0.0695. The Kier molecular flexibility index (Phi) is 6.38. The van der Waals surface area contributed by atoms with Crippen molar-refractivity contribution < 1.29 is 14.6 Å². The molecular weight excluding hydrogens is 258 g/mol. The largest absolute Gasteiger partial charge is 0.478 e. The molecule has 0 atom stereocenters. The third-order valence-corrected chi connectivity index (χ3v) is 3.18. The number of carbonyl (C=O) groups is 1. The number of aromatic carboxylic acids is 1. The number of anilines is 1. The Morgan fingerprint density at radius 3 is 2.45 bits per heavy atom. The van der Waals surface area contributed by atoms with E-state index < -0.39 is 5.97 Å². The number of carboxylic acid groups (broad SMARTS) is 1. The number of aromatic nitrogens is 2. The van der Waals surface area contributed by atoms with Gasteiger partial charge in [-0.3, -0.25) is 0 Å². The summed E-state index contributed by atoms with van der Waals surface area (Å²) in [4.78, 5) is 13.4. The van der Waals surface area contributed by atoms with Crippen molar-refractivity contribution in [3.05, 3.63) is 16.8 Å². The van der Waals surface area contributed by atoms with Gasteiger partial charge in [-0.15, -0.1) is 5.10 Å². The Bertz CT molecular complexity index is 463. The lowest BCUT2D eigenvalue weighted by Crippen LogP contribution is -2.27. The van der Waals surface area contributed by atoms with E-state index in [9.17, 15) is 9.90 Å². The van der Waals surface area contributed by atoms with Crippen LogP contribution in [0.2, 0.25) is 0 Å². The zero-order chi connectivity index (χ0) is 15.1. The minimum Gasteiger partial charge on any atom is -0.478 e. The summed E-state index contributed by atoms with van der Waals surface area (Å²) in [6, 6.07) is 0. The smallest absolute Gasteiger partial charge is 0.339 e. The van der Waals surface area contributed by atoms with Crippen LogP contribution in [-0.2, 0) is 17.6 Å². The number of likely N-dealkylation sites (N-methyl/N-ethyl adjacent to an activating group) is 1. The van der Waals surface area contributed by atoms with E-state index in [-0.39, 0.29) is 5.56 Å². The van der Waals surface area contributed by atoms with Gasteiger partial charge in [0.1, 0.15) is 5.56 Å². The van der Waals surface area contributed by atoms with Gasteiger partial charge in [0.05, 0.1) is 12.3 Å². The van der Waals surface area contributed by atoms with E-state index in [0.29, 0.717) is 38.4 Å². The second-order valence-corrected chi connectivity index (χ2v) is 4.45. The van der Waals surface area contributed by atoms with E-state index in [1.807, 2.05) is 20.8 Å². The van der Waals surface area contributed by atoms with Crippen LogP contribution in [0.3, 0.4) is 0 Å². The summed E-state index contributed by atoms with van der Waals surface area (Å²) >= 11 is 0. The first-order valence-electron chi connectivity index (χ1n) is 6.97. The maximum atomic E-state index is 11.6. The monoisotopic (exact) mass is 281 g/mol. The molecule has 1 heterocycles. The van der Waals surface area contributed by atoms with Crippen LogP contribution in [0, 0.1) is 0 Å². The Hall–Kier alpha value is -1.69. The van der Waals surface area contributed by atoms with Gasteiger partial charge in [-0.1, -0.05) is 13.8 Å². The van der Waals surface area contributed by atoms with Crippen LogP contribution in [0.25, 0.3) is 0 Å². The first-order valence-corrected chi connectivity index (χ1v) is 6.97. The number of hydrogen-bond donors (Lipinski definition) is 1. The van der Waals surface area contributed by atoms with Crippen molar-refractivity contribution in [1.82, 2.24) is 10.2 Å². The maximum Gasteiger partial charge on any atom is 0.339 e. The molecule has 1 rings (SSSR count). The molecule has 6 nitrogen and oxygen atoms in total.